The van der Waals surface area contributed by atoms with Gasteiger partial charge in [0.1, 0.15) is 11.1 Å². The Kier molecular flexibility index (Phi) is 6.00. The van der Waals surface area contributed by atoms with Gasteiger partial charge in [0.05, 0.1) is 29.2 Å². The van der Waals surface area contributed by atoms with Crippen molar-refractivity contribution in [1.82, 2.24) is 10.3 Å². The number of amides is 1. The van der Waals surface area contributed by atoms with Crippen molar-refractivity contribution < 1.29 is 14.3 Å². The second-order valence-corrected chi connectivity index (χ2v) is 4.73. The van der Waals surface area contributed by atoms with Crippen LogP contribution >= 0.6 is 11.8 Å². The Labute approximate surface area is 121 Å². The lowest BCUT2D eigenvalue weighted by Crippen LogP contribution is -2.20. The Balaban J connectivity index is 3.05. The monoisotopic (exact) mass is 293 g/mol. The van der Waals surface area contributed by atoms with Crippen molar-refractivity contribution in [2.24, 2.45) is 0 Å². The first kappa shape index (κ1) is 16.0. The van der Waals surface area contributed by atoms with Crippen LogP contribution in [-0.2, 0) is 9.53 Å². The highest BCUT2D eigenvalue weighted by atomic mass is 32.2. The summed E-state index contributed by atoms with van der Waals surface area (Å²) in [5.41, 5.74) is 1.00. The van der Waals surface area contributed by atoms with E-state index in [-0.39, 0.29) is 29.4 Å². The molecule has 1 aromatic rings. The van der Waals surface area contributed by atoms with Crippen LogP contribution in [0.5, 0.6) is 0 Å². The van der Waals surface area contributed by atoms with Gasteiger partial charge in [0.15, 0.2) is 0 Å². The van der Waals surface area contributed by atoms with Crippen molar-refractivity contribution in [3.05, 3.63) is 22.9 Å². The van der Waals surface area contributed by atoms with E-state index in [1.54, 1.807) is 13.8 Å². The van der Waals surface area contributed by atoms with Gasteiger partial charge in [0, 0.05) is 7.05 Å². The number of aromatic nitrogens is 1. The zero-order valence-electron chi connectivity index (χ0n) is 11.5. The fourth-order valence-corrected chi connectivity index (χ4v) is 2.27. The quantitative estimate of drug-likeness (QED) is 0.649. The molecule has 1 amide bonds. The van der Waals surface area contributed by atoms with E-state index in [9.17, 15) is 9.59 Å². The minimum absolute atomic E-state index is 0.159. The van der Waals surface area contributed by atoms with Gasteiger partial charge in [-0.2, -0.15) is 5.26 Å². The molecule has 0 bridgehead atoms. The average Bonchev–Trinajstić information content (AvgIpc) is 2.44. The number of esters is 1. The Hall–Kier alpha value is -2.07. The van der Waals surface area contributed by atoms with Gasteiger partial charge in [-0.15, -0.1) is 0 Å². The topological polar surface area (TPSA) is 92.1 Å². The van der Waals surface area contributed by atoms with E-state index in [1.807, 2.05) is 6.07 Å². The van der Waals surface area contributed by atoms with Crippen LogP contribution in [0.15, 0.2) is 11.1 Å². The maximum Gasteiger partial charge on any atom is 0.340 e. The molecule has 1 aromatic heterocycles. The molecule has 0 saturated heterocycles. The van der Waals surface area contributed by atoms with Gasteiger partial charge in [-0.3, -0.25) is 4.79 Å². The third-order valence-electron chi connectivity index (χ3n) is 2.41. The molecule has 0 aliphatic rings. The molecular weight excluding hydrogens is 278 g/mol. The van der Waals surface area contributed by atoms with Crippen LogP contribution in [0.1, 0.15) is 28.5 Å². The van der Waals surface area contributed by atoms with E-state index in [1.165, 1.54) is 13.1 Å². The van der Waals surface area contributed by atoms with E-state index in [4.69, 9.17) is 10.00 Å². The predicted octanol–water partition coefficient (Wildman–Crippen LogP) is 1.28. The molecule has 0 aliphatic carbocycles. The normalized spacial score (nSPS) is 9.70. The fraction of sp³-hybridized carbons (Fsp3) is 0.385. The number of carbonyl (C=O) groups is 2. The third-order valence-corrected chi connectivity index (χ3v) is 3.40. The van der Waals surface area contributed by atoms with Crippen LogP contribution in [0.3, 0.4) is 0 Å². The zero-order valence-corrected chi connectivity index (χ0v) is 12.3. The number of nitrogens with zero attached hydrogens (tertiary/aromatic N) is 2. The molecule has 106 valence electrons. The number of hydrogen-bond acceptors (Lipinski definition) is 6. The van der Waals surface area contributed by atoms with Crippen LogP contribution < -0.4 is 5.32 Å². The van der Waals surface area contributed by atoms with Gasteiger partial charge in [0.25, 0.3) is 0 Å². The van der Waals surface area contributed by atoms with Crippen molar-refractivity contribution in [3.8, 4) is 6.07 Å². The first-order valence-electron chi connectivity index (χ1n) is 5.95. The van der Waals surface area contributed by atoms with Crippen LogP contribution in [0.4, 0.5) is 0 Å². The lowest BCUT2D eigenvalue weighted by atomic mass is 10.1. The molecule has 6 nitrogen and oxygen atoms in total. The Morgan fingerprint density at radius 2 is 2.25 bits per heavy atom. The maximum atomic E-state index is 11.7. The van der Waals surface area contributed by atoms with E-state index >= 15 is 0 Å². The summed E-state index contributed by atoms with van der Waals surface area (Å²) >= 11 is 1.15. The number of nitriles is 1. The largest absolute Gasteiger partial charge is 0.462 e. The molecule has 1 heterocycles. The van der Waals surface area contributed by atoms with Crippen LogP contribution in [0.25, 0.3) is 0 Å². The smallest absolute Gasteiger partial charge is 0.340 e. The zero-order chi connectivity index (χ0) is 15.1. The average molecular weight is 293 g/mol. The number of rotatable bonds is 5. The lowest BCUT2D eigenvalue weighted by molar-refractivity contribution is -0.118. The molecular formula is C13H15N3O3S. The van der Waals surface area contributed by atoms with Crippen LogP contribution in [-0.4, -0.2) is 36.3 Å². The summed E-state index contributed by atoms with van der Waals surface area (Å²) in [6, 6.07) is 3.43. The SMILES string of the molecule is CCOC(=O)c1cc(C#N)c(SCC(=O)NC)nc1C. The predicted molar refractivity (Wildman–Crippen MR) is 74.4 cm³/mol. The highest BCUT2D eigenvalue weighted by molar-refractivity contribution is 8.00. The molecule has 7 heteroatoms. The minimum atomic E-state index is -0.503. The van der Waals surface area contributed by atoms with E-state index in [2.05, 4.69) is 10.3 Å². The summed E-state index contributed by atoms with van der Waals surface area (Å²) < 4.78 is 4.90. The number of thioether (sulfide) groups is 1. The standard InChI is InChI=1S/C13H15N3O3S/c1-4-19-13(18)10-5-9(6-14)12(16-8(10)2)20-7-11(17)15-3/h5H,4,7H2,1-3H3,(H,15,17). The molecule has 0 saturated carbocycles. The maximum absolute atomic E-state index is 11.7. The van der Waals surface area contributed by atoms with Gasteiger partial charge in [-0.25, -0.2) is 9.78 Å². The van der Waals surface area contributed by atoms with E-state index < -0.39 is 5.97 Å². The highest BCUT2D eigenvalue weighted by Gasteiger charge is 2.16. The van der Waals surface area contributed by atoms with Gasteiger partial charge in [0.2, 0.25) is 5.91 Å². The molecule has 0 atom stereocenters. The molecule has 1 rings (SSSR count). The van der Waals surface area contributed by atoms with Gasteiger partial charge >= 0.3 is 5.97 Å². The van der Waals surface area contributed by atoms with Crippen molar-refractivity contribution in [3.63, 3.8) is 0 Å². The molecule has 20 heavy (non-hydrogen) atoms. The summed E-state index contributed by atoms with van der Waals surface area (Å²) in [6.45, 7) is 3.63. The molecule has 1 N–H and O–H groups in total. The number of aryl methyl sites for hydroxylation is 1. The summed E-state index contributed by atoms with van der Waals surface area (Å²) in [6.07, 6.45) is 0. The second-order valence-electron chi connectivity index (χ2n) is 3.77. The van der Waals surface area contributed by atoms with Gasteiger partial charge in [-0.1, -0.05) is 11.8 Å². The van der Waals surface area contributed by atoms with Crippen molar-refractivity contribution in [2.75, 3.05) is 19.4 Å². The minimum Gasteiger partial charge on any atom is -0.462 e. The molecule has 0 radical (unpaired) electrons. The third kappa shape index (κ3) is 3.96. The van der Waals surface area contributed by atoms with Crippen molar-refractivity contribution in [1.29, 1.82) is 5.26 Å². The first-order valence-corrected chi connectivity index (χ1v) is 6.94. The van der Waals surface area contributed by atoms with Gasteiger partial charge in [-0.05, 0) is 19.9 Å². The molecule has 0 aliphatic heterocycles. The Bertz CT molecular complexity index is 567. The van der Waals surface area contributed by atoms with E-state index in [0.29, 0.717) is 10.7 Å². The number of carbonyl (C=O) groups excluding carboxylic acids is 2. The fourth-order valence-electron chi connectivity index (χ4n) is 1.39. The number of hydrogen-bond donors (Lipinski definition) is 1. The van der Waals surface area contributed by atoms with Gasteiger partial charge < -0.3 is 10.1 Å². The summed E-state index contributed by atoms with van der Waals surface area (Å²) in [7, 11) is 1.54. The molecule has 0 spiro atoms. The molecule has 0 aromatic carbocycles. The first-order chi connectivity index (χ1) is 9.53. The van der Waals surface area contributed by atoms with Crippen LogP contribution in [0.2, 0.25) is 0 Å². The number of pyridine rings is 1. The molecule has 0 fully saturated rings. The van der Waals surface area contributed by atoms with Crippen molar-refractivity contribution >= 4 is 23.6 Å². The Morgan fingerprint density at radius 1 is 1.55 bits per heavy atom. The summed E-state index contributed by atoms with van der Waals surface area (Å²) in [5, 5.41) is 12.0. The Morgan fingerprint density at radius 3 is 2.80 bits per heavy atom. The summed E-state index contributed by atoms with van der Waals surface area (Å²) in [5.74, 6) is -0.499. The number of nitrogens with one attached hydrogen (secondary N) is 1. The summed E-state index contributed by atoms with van der Waals surface area (Å²) in [4.78, 5) is 27.1. The lowest BCUT2D eigenvalue weighted by Gasteiger charge is -2.08. The van der Waals surface area contributed by atoms with E-state index in [0.717, 1.165) is 11.8 Å². The second kappa shape index (κ2) is 7.50. The number of ether oxygens (including phenoxy) is 1. The highest BCUT2D eigenvalue weighted by Crippen LogP contribution is 2.23. The van der Waals surface area contributed by atoms with Crippen LogP contribution in [0, 0.1) is 18.3 Å². The molecule has 0 unspecified atom stereocenters. The van der Waals surface area contributed by atoms with Crippen molar-refractivity contribution in [2.45, 2.75) is 18.9 Å².